The molecule has 2 rings (SSSR count). The fourth-order valence-electron chi connectivity index (χ4n) is 1.95. The van der Waals surface area contributed by atoms with Crippen LogP contribution in [-0.4, -0.2) is 37.1 Å². The first-order valence-electron chi connectivity index (χ1n) is 5.44. The molecule has 84 valence electrons. The second-order valence-corrected chi connectivity index (χ2v) is 4.05. The number of amides is 2. The van der Waals surface area contributed by atoms with Gasteiger partial charge >= 0.3 is 0 Å². The Morgan fingerprint density at radius 2 is 2.40 bits per heavy atom. The molecule has 2 aliphatic rings. The Bertz CT molecular complexity index is 261. The average Bonchev–Trinajstić information content (AvgIpc) is 2.84. The Kier molecular flexibility index (Phi) is 3.20. The Labute approximate surface area is 88.5 Å². The molecular formula is C10H16N2O3. The first-order valence-corrected chi connectivity index (χ1v) is 5.44. The predicted octanol–water partition coefficient (Wildman–Crippen LogP) is -0.440. The lowest BCUT2D eigenvalue weighted by molar-refractivity contribution is -0.130. The number of carbonyl (C=O) groups is 2. The van der Waals surface area contributed by atoms with Crippen LogP contribution in [0.2, 0.25) is 0 Å². The SMILES string of the molecule is O=C1CCC(CNC(=O)C2CCCO2)N1. The Balaban J connectivity index is 1.68. The second-order valence-electron chi connectivity index (χ2n) is 4.05. The number of carbonyl (C=O) groups excluding carboxylic acids is 2. The Hall–Kier alpha value is -1.10. The predicted molar refractivity (Wildman–Crippen MR) is 53.1 cm³/mol. The summed E-state index contributed by atoms with van der Waals surface area (Å²) in [5, 5.41) is 5.61. The molecule has 0 bridgehead atoms. The first-order chi connectivity index (χ1) is 7.25. The highest BCUT2D eigenvalue weighted by atomic mass is 16.5. The monoisotopic (exact) mass is 212 g/mol. The molecule has 2 aliphatic heterocycles. The van der Waals surface area contributed by atoms with Crippen molar-refractivity contribution in [3.8, 4) is 0 Å². The van der Waals surface area contributed by atoms with Gasteiger partial charge in [0.05, 0.1) is 0 Å². The summed E-state index contributed by atoms with van der Waals surface area (Å²) in [7, 11) is 0. The van der Waals surface area contributed by atoms with Gasteiger partial charge in [0.2, 0.25) is 11.8 Å². The zero-order chi connectivity index (χ0) is 10.7. The lowest BCUT2D eigenvalue weighted by atomic mass is 10.2. The summed E-state index contributed by atoms with van der Waals surface area (Å²) in [6.45, 7) is 1.20. The second kappa shape index (κ2) is 4.61. The van der Waals surface area contributed by atoms with Crippen LogP contribution in [0.1, 0.15) is 25.7 Å². The lowest BCUT2D eigenvalue weighted by Gasteiger charge is -2.14. The molecule has 0 aliphatic carbocycles. The molecule has 0 aromatic heterocycles. The molecule has 0 aromatic carbocycles. The first kappa shape index (κ1) is 10.4. The van der Waals surface area contributed by atoms with E-state index in [9.17, 15) is 9.59 Å². The zero-order valence-electron chi connectivity index (χ0n) is 8.62. The Morgan fingerprint density at radius 3 is 3.00 bits per heavy atom. The van der Waals surface area contributed by atoms with Gasteiger partial charge in [0.15, 0.2) is 0 Å². The summed E-state index contributed by atoms with van der Waals surface area (Å²) in [6.07, 6.45) is 2.87. The summed E-state index contributed by atoms with van der Waals surface area (Å²) in [4.78, 5) is 22.4. The van der Waals surface area contributed by atoms with Crippen molar-refractivity contribution >= 4 is 11.8 Å². The highest BCUT2D eigenvalue weighted by molar-refractivity contribution is 5.81. The molecule has 2 heterocycles. The van der Waals surface area contributed by atoms with Crippen LogP contribution in [0.3, 0.4) is 0 Å². The van der Waals surface area contributed by atoms with Gasteiger partial charge in [-0.25, -0.2) is 0 Å². The molecule has 0 spiro atoms. The summed E-state index contributed by atoms with van der Waals surface area (Å²) in [6, 6.07) is 0.0999. The summed E-state index contributed by atoms with van der Waals surface area (Å²) in [5.74, 6) is 0.0278. The van der Waals surface area contributed by atoms with Crippen LogP contribution in [0, 0.1) is 0 Å². The molecular weight excluding hydrogens is 196 g/mol. The summed E-state index contributed by atoms with van der Waals surface area (Å²) >= 11 is 0. The number of hydrogen-bond acceptors (Lipinski definition) is 3. The van der Waals surface area contributed by atoms with E-state index in [2.05, 4.69) is 10.6 Å². The largest absolute Gasteiger partial charge is 0.368 e. The summed E-state index contributed by atoms with van der Waals surface area (Å²) < 4.78 is 5.25. The van der Waals surface area contributed by atoms with Crippen LogP contribution in [-0.2, 0) is 14.3 Å². The molecule has 0 radical (unpaired) electrons. The van der Waals surface area contributed by atoms with Gasteiger partial charge in [-0.3, -0.25) is 9.59 Å². The van der Waals surface area contributed by atoms with Gasteiger partial charge in [-0.1, -0.05) is 0 Å². The third-order valence-corrected chi connectivity index (χ3v) is 2.83. The van der Waals surface area contributed by atoms with Crippen molar-refractivity contribution in [2.24, 2.45) is 0 Å². The zero-order valence-corrected chi connectivity index (χ0v) is 8.62. The third-order valence-electron chi connectivity index (χ3n) is 2.83. The minimum Gasteiger partial charge on any atom is -0.368 e. The quantitative estimate of drug-likeness (QED) is 0.666. The summed E-state index contributed by atoms with van der Waals surface area (Å²) in [5.41, 5.74) is 0. The van der Waals surface area contributed by atoms with E-state index < -0.39 is 0 Å². The van der Waals surface area contributed by atoms with Crippen LogP contribution < -0.4 is 10.6 Å². The minimum absolute atomic E-state index is 0.0475. The molecule has 2 atom stereocenters. The fourth-order valence-corrected chi connectivity index (χ4v) is 1.95. The highest BCUT2D eigenvalue weighted by Crippen LogP contribution is 2.12. The van der Waals surface area contributed by atoms with E-state index in [1.165, 1.54) is 0 Å². The molecule has 5 nitrogen and oxygen atoms in total. The van der Waals surface area contributed by atoms with E-state index in [0.29, 0.717) is 19.6 Å². The number of rotatable bonds is 3. The van der Waals surface area contributed by atoms with Gasteiger partial charge < -0.3 is 15.4 Å². The topological polar surface area (TPSA) is 67.4 Å². The van der Waals surface area contributed by atoms with Crippen LogP contribution in [0.25, 0.3) is 0 Å². The molecule has 2 amide bonds. The van der Waals surface area contributed by atoms with Gasteiger partial charge in [0.25, 0.3) is 0 Å². The fraction of sp³-hybridized carbons (Fsp3) is 0.800. The lowest BCUT2D eigenvalue weighted by Crippen LogP contribution is -2.42. The van der Waals surface area contributed by atoms with Crippen molar-refractivity contribution in [2.45, 2.75) is 37.8 Å². The van der Waals surface area contributed by atoms with Crippen LogP contribution in [0.4, 0.5) is 0 Å². The maximum atomic E-state index is 11.5. The third kappa shape index (κ3) is 2.68. The molecule has 0 saturated carbocycles. The van der Waals surface area contributed by atoms with E-state index in [1.54, 1.807) is 0 Å². The van der Waals surface area contributed by atoms with Gasteiger partial charge in [0, 0.05) is 25.6 Å². The number of hydrogen-bond donors (Lipinski definition) is 2. The van der Waals surface area contributed by atoms with Gasteiger partial charge in [-0.15, -0.1) is 0 Å². The van der Waals surface area contributed by atoms with Crippen molar-refractivity contribution in [2.75, 3.05) is 13.2 Å². The molecule has 2 unspecified atom stereocenters. The molecule has 2 saturated heterocycles. The molecule has 2 fully saturated rings. The van der Waals surface area contributed by atoms with Crippen LogP contribution >= 0.6 is 0 Å². The van der Waals surface area contributed by atoms with Crippen molar-refractivity contribution in [1.82, 2.24) is 10.6 Å². The average molecular weight is 212 g/mol. The smallest absolute Gasteiger partial charge is 0.249 e. The van der Waals surface area contributed by atoms with Crippen molar-refractivity contribution in [1.29, 1.82) is 0 Å². The van der Waals surface area contributed by atoms with E-state index >= 15 is 0 Å². The van der Waals surface area contributed by atoms with Gasteiger partial charge in [-0.05, 0) is 19.3 Å². The normalized spacial score (nSPS) is 30.3. The van der Waals surface area contributed by atoms with Crippen molar-refractivity contribution < 1.29 is 14.3 Å². The molecule has 5 heteroatoms. The maximum absolute atomic E-state index is 11.5. The van der Waals surface area contributed by atoms with Crippen LogP contribution in [0.5, 0.6) is 0 Å². The highest BCUT2D eigenvalue weighted by Gasteiger charge is 2.25. The molecule has 2 N–H and O–H groups in total. The minimum atomic E-state index is -0.276. The molecule has 0 aromatic rings. The van der Waals surface area contributed by atoms with Gasteiger partial charge in [-0.2, -0.15) is 0 Å². The standard InChI is InChI=1S/C10H16N2O3/c13-9-4-3-7(12-9)6-11-10(14)8-2-1-5-15-8/h7-8H,1-6H2,(H,11,14)(H,12,13). The van der Waals surface area contributed by atoms with Gasteiger partial charge in [0.1, 0.15) is 6.10 Å². The van der Waals surface area contributed by atoms with E-state index in [0.717, 1.165) is 19.3 Å². The van der Waals surface area contributed by atoms with Crippen LogP contribution in [0.15, 0.2) is 0 Å². The Morgan fingerprint density at radius 1 is 1.53 bits per heavy atom. The maximum Gasteiger partial charge on any atom is 0.249 e. The van der Waals surface area contributed by atoms with Crippen molar-refractivity contribution in [3.05, 3.63) is 0 Å². The van der Waals surface area contributed by atoms with Crippen molar-refractivity contribution in [3.63, 3.8) is 0 Å². The van der Waals surface area contributed by atoms with E-state index in [4.69, 9.17) is 4.74 Å². The van der Waals surface area contributed by atoms with E-state index in [-0.39, 0.29) is 24.0 Å². The number of nitrogens with one attached hydrogen (secondary N) is 2. The number of ether oxygens (including phenoxy) is 1. The molecule has 15 heavy (non-hydrogen) atoms. The van der Waals surface area contributed by atoms with E-state index in [1.807, 2.05) is 0 Å².